The molecule has 2 aromatic rings. The number of carbonyl (C=O) groups is 1. The van der Waals surface area contributed by atoms with Crippen molar-refractivity contribution < 1.29 is 9.45 Å². The smallest absolute Gasteiger partial charge is 0.429 e. The average Bonchev–Trinajstić information content (AvgIpc) is 2.67. The maximum atomic E-state index is 12.4. The van der Waals surface area contributed by atoms with E-state index >= 15 is 0 Å². The predicted octanol–water partition coefficient (Wildman–Crippen LogP) is 1.99. The Balaban J connectivity index is 0.00000338. The van der Waals surface area contributed by atoms with Crippen molar-refractivity contribution in [1.29, 1.82) is 0 Å². The molecule has 0 spiro atoms. The molecular weight excluding hydrogens is 323 g/mol. The Hall–Kier alpha value is -2.11. The molecule has 0 aliphatic rings. The zero-order valence-corrected chi connectivity index (χ0v) is 14.9. The Labute approximate surface area is 158 Å². The summed E-state index contributed by atoms with van der Waals surface area (Å²) in [6.45, 7) is 2.28. The number of rotatable bonds is 9. The standard InChI is InChI=1S/C20H27BN2O2.CH4/c1-2-16-11-13-18(14-12-16)21(17-8-4-3-5-9-17)25-20(24)19(23)10-6-7-15-22;/h3-5,8-9,11-14,19H,2,6-7,10,15,22-23H2,1H3;1H4. The van der Waals surface area contributed by atoms with Gasteiger partial charge >= 0.3 is 12.9 Å². The summed E-state index contributed by atoms with van der Waals surface area (Å²) >= 11 is 0. The van der Waals surface area contributed by atoms with E-state index in [9.17, 15) is 4.79 Å². The summed E-state index contributed by atoms with van der Waals surface area (Å²) in [7, 11) is 0. The third-order valence-electron chi connectivity index (χ3n) is 4.30. The predicted molar refractivity (Wildman–Crippen MR) is 111 cm³/mol. The average molecular weight is 354 g/mol. The largest absolute Gasteiger partial charge is 0.525 e. The monoisotopic (exact) mass is 354 g/mol. The molecule has 0 saturated heterocycles. The summed E-state index contributed by atoms with van der Waals surface area (Å²) in [4.78, 5) is 12.4. The van der Waals surface area contributed by atoms with Crippen LogP contribution < -0.4 is 22.4 Å². The summed E-state index contributed by atoms with van der Waals surface area (Å²) in [5, 5.41) is 0. The molecule has 26 heavy (non-hydrogen) atoms. The molecule has 5 heteroatoms. The van der Waals surface area contributed by atoms with Gasteiger partial charge in [0, 0.05) is 0 Å². The molecule has 0 saturated carbocycles. The van der Waals surface area contributed by atoms with Gasteiger partial charge in [-0.15, -0.1) is 0 Å². The summed E-state index contributed by atoms with van der Waals surface area (Å²) in [5.74, 6) is -0.370. The Morgan fingerprint density at radius 2 is 1.65 bits per heavy atom. The molecule has 140 valence electrons. The van der Waals surface area contributed by atoms with E-state index in [1.54, 1.807) is 0 Å². The van der Waals surface area contributed by atoms with Crippen LogP contribution in [-0.2, 0) is 15.9 Å². The van der Waals surface area contributed by atoms with Gasteiger partial charge in [0.05, 0.1) is 0 Å². The van der Waals surface area contributed by atoms with Crippen LogP contribution in [0.25, 0.3) is 0 Å². The topological polar surface area (TPSA) is 78.3 Å². The van der Waals surface area contributed by atoms with Crippen molar-refractivity contribution in [3.05, 3.63) is 60.2 Å². The Kier molecular flexibility index (Phi) is 9.70. The highest BCUT2D eigenvalue weighted by molar-refractivity contribution is 6.81. The number of carbonyl (C=O) groups excluding carboxylic acids is 1. The summed E-state index contributed by atoms with van der Waals surface area (Å²) in [6.07, 6.45) is 3.25. The quantitative estimate of drug-likeness (QED) is 0.533. The molecule has 0 aliphatic carbocycles. The first-order chi connectivity index (χ1) is 12.2. The molecular formula is C21H31BN2O2. The maximum absolute atomic E-state index is 12.4. The van der Waals surface area contributed by atoms with Gasteiger partial charge in [0.1, 0.15) is 6.04 Å². The van der Waals surface area contributed by atoms with Crippen molar-refractivity contribution in [2.24, 2.45) is 11.5 Å². The molecule has 2 rings (SSSR count). The van der Waals surface area contributed by atoms with Gasteiger partial charge in [-0.05, 0) is 42.3 Å². The van der Waals surface area contributed by atoms with Crippen molar-refractivity contribution in [3.63, 3.8) is 0 Å². The number of nitrogens with two attached hydrogens (primary N) is 2. The van der Waals surface area contributed by atoms with Gasteiger partial charge in [0.15, 0.2) is 0 Å². The van der Waals surface area contributed by atoms with Crippen LogP contribution in [0.4, 0.5) is 0 Å². The molecule has 0 fully saturated rings. The number of hydrogen-bond donors (Lipinski definition) is 2. The Morgan fingerprint density at radius 3 is 2.23 bits per heavy atom. The van der Waals surface area contributed by atoms with E-state index < -0.39 is 13.0 Å². The molecule has 2 aromatic carbocycles. The third-order valence-corrected chi connectivity index (χ3v) is 4.30. The molecule has 0 aliphatic heterocycles. The maximum Gasteiger partial charge on any atom is 0.429 e. The lowest BCUT2D eigenvalue weighted by Crippen LogP contribution is -2.49. The van der Waals surface area contributed by atoms with E-state index in [0.29, 0.717) is 13.0 Å². The molecule has 0 bridgehead atoms. The fourth-order valence-corrected chi connectivity index (χ4v) is 2.71. The Morgan fingerprint density at radius 1 is 1.04 bits per heavy atom. The van der Waals surface area contributed by atoms with Crippen molar-refractivity contribution >= 4 is 23.8 Å². The van der Waals surface area contributed by atoms with Gasteiger partial charge in [-0.25, -0.2) is 0 Å². The normalized spacial score (nSPS) is 11.3. The van der Waals surface area contributed by atoms with Gasteiger partial charge in [0.2, 0.25) is 0 Å². The van der Waals surface area contributed by atoms with E-state index in [1.165, 1.54) is 5.56 Å². The third kappa shape index (κ3) is 6.32. The highest BCUT2D eigenvalue weighted by atomic mass is 16.5. The van der Waals surface area contributed by atoms with Crippen molar-refractivity contribution in [2.75, 3.05) is 6.54 Å². The summed E-state index contributed by atoms with van der Waals surface area (Å²) < 4.78 is 5.79. The van der Waals surface area contributed by atoms with E-state index in [2.05, 4.69) is 19.1 Å². The molecule has 0 aromatic heterocycles. The molecule has 1 unspecified atom stereocenters. The van der Waals surface area contributed by atoms with Gasteiger partial charge in [-0.3, -0.25) is 4.79 Å². The molecule has 1 atom stereocenters. The minimum atomic E-state index is -0.618. The minimum absolute atomic E-state index is 0. The Bertz CT molecular complexity index is 647. The number of aryl methyl sites for hydroxylation is 1. The van der Waals surface area contributed by atoms with Crippen molar-refractivity contribution in [1.82, 2.24) is 0 Å². The van der Waals surface area contributed by atoms with Crippen LogP contribution in [0.5, 0.6) is 0 Å². The van der Waals surface area contributed by atoms with Crippen molar-refractivity contribution in [2.45, 2.75) is 46.1 Å². The van der Waals surface area contributed by atoms with Crippen LogP contribution >= 0.6 is 0 Å². The lowest BCUT2D eigenvalue weighted by molar-refractivity contribution is -0.136. The second-order valence-electron chi connectivity index (χ2n) is 6.21. The van der Waals surface area contributed by atoms with Crippen molar-refractivity contribution in [3.8, 4) is 0 Å². The first kappa shape index (κ1) is 21.9. The fourth-order valence-electron chi connectivity index (χ4n) is 2.71. The highest BCUT2D eigenvalue weighted by Gasteiger charge is 2.28. The van der Waals surface area contributed by atoms with Crippen LogP contribution in [0.2, 0.25) is 0 Å². The van der Waals surface area contributed by atoms with Crippen LogP contribution in [0, 0.1) is 0 Å². The summed E-state index contributed by atoms with van der Waals surface area (Å²) in [5.41, 5.74) is 14.6. The first-order valence-corrected chi connectivity index (χ1v) is 8.95. The van der Waals surface area contributed by atoms with E-state index in [-0.39, 0.29) is 13.4 Å². The van der Waals surface area contributed by atoms with Crippen LogP contribution in [-0.4, -0.2) is 25.5 Å². The lowest BCUT2D eigenvalue weighted by atomic mass is 9.55. The van der Waals surface area contributed by atoms with Gasteiger partial charge in [0.25, 0.3) is 0 Å². The van der Waals surface area contributed by atoms with Crippen LogP contribution in [0.3, 0.4) is 0 Å². The van der Waals surface area contributed by atoms with Crippen LogP contribution in [0.15, 0.2) is 54.6 Å². The van der Waals surface area contributed by atoms with Crippen LogP contribution in [0.1, 0.15) is 39.2 Å². The molecule has 4 N–H and O–H groups in total. The fraction of sp³-hybridized carbons (Fsp3) is 0.381. The zero-order chi connectivity index (χ0) is 18.1. The van der Waals surface area contributed by atoms with Gasteiger partial charge < -0.3 is 16.1 Å². The van der Waals surface area contributed by atoms with E-state index in [0.717, 1.165) is 30.2 Å². The van der Waals surface area contributed by atoms with E-state index in [1.807, 2.05) is 42.5 Å². The van der Waals surface area contributed by atoms with E-state index in [4.69, 9.17) is 16.1 Å². The van der Waals surface area contributed by atoms with Gasteiger partial charge in [-0.1, -0.05) is 75.4 Å². The second kappa shape index (κ2) is 11.5. The first-order valence-electron chi connectivity index (χ1n) is 8.95. The number of benzene rings is 2. The molecule has 0 heterocycles. The molecule has 0 radical (unpaired) electrons. The lowest BCUT2D eigenvalue weighted by Gasteiger charge is -2.18. The zero-order valence-electron chi connectivity index (χ0n) is 14.9. The molecule has 4 nitrogen and oxygen atoms in total. The number of unbranched alkanes of at least 4 members (excludes halogenated alkanes) is 1. The minimum Gasteiger partial charge on any atom is -0.525 e. The highest BCUT2D eigenvalue weighted by Crippen LogP contribution is 2.04. The molecule has 0 amide bonds. The summed E-state index contributed by atoms with van der Waals surface area (Å²) in [6, 6.07) is 17.3. The van der Waals surface area contributed by atoms with Gasteiger partial charge in [-0.2, -0.15) is 0 Å². The SMILES string of the molecule is C.CCc1ccc(B(OC(=O)C(N)CCCCN)c2ccccc2)cc1. The number of hydrogen-bond acceptors (Lipinski definition) is 4. The second-order valence-corrected chi connectivity index (χ2v) is 6.21.